The Bertz CT molecular complexity index is 433. The molecule has 0 saturated carbocycles. The maximum atomic E-state index is 12.4. The fourth-order valence-corrected chi connectivity index (χ4v) is 2.94. The Hall–Kier alpha value is -1.06. The topological polar surface area (TPSA) is 46.3 Å². The van der Waals surface area contributed by atoms with Crippen LogP contribution in [0.3, 0.4) is 0 Å². The molecule has 1 heterocycles. The molecule has 1 aromatic rings. The number of benzene rings is 1. The average Bonchev–Trinajstić information content (AvgIpc) is 2.93. The van der Waals surface area contributed by atoms with Crippen LogP contribution in [-0.4, -0.2) is 23.9 Å². The predicted molar refractivity (Wildman–Crippen MR) is 89.6 cm³/mol. The molecule has 0 spiro atoms. The number of amides is 1. The van der Waals surface area contributed by atoms with E-state index in [9.17, 15) is 4.79 Å². The average molecular weight is 311 g/mol. The summed E-state index contributed by atoms with van der Waals surface area (Å²) in [6.45, 7) is 3.73. The lowest BCUT2D eigenvalue weighted by Crippen LogP contribution is -2.30. The van der Waals surface area contributed by atoms with Gasteiger partial charge in [0.2, 0.25) is 5.91 Å². The summed E-state index contributed by atoms with van der Waals surface area (Å²) in [5, 5.41) is 0. The van der Waals surface area contributed by atoms with Gasteiger partial charge in [-0.25, -0.2) is 0 Å². The minimum atomic E-state index is 0. The number of hydrogen-bond donors (Lipinski definition) is 1. The standard InChI is InChI=1S/C17H26N2O.ClH/c1-14-8-10-15(11-9-14)16-6-5-13-19(16)17(20)7-3-2-4-12-18;/h8-11,16H,2-7,12-13,18H2,1H3;1H. The number of unbranched alkanes of at least 4 members (excludes halogenated alkanes) is 2. The van der Waals surface area contributed by atoms with E-state index in [0.29, 0.717) is 12.3 Å². The van der Waals surface area contributed by atoms with Gasteiger partial charge in [0.25, 0.3) is 0 Å². The molecule has 1 saturated heterocycles. The monoisotopic (exact) mass is 310 g/mol. The summed E-state index contributed by atoms with van der Waals surface area (Å²) < 4.78 is 0. The lowest BCUT2D eigenvalue weighted by Gasteiger charge is -2.25. The lowest BCUT2D eigenvalue weighted by atomic mass is 10.0. The highest BCUT2D eigenvalue weighted by Gasteiger charge is 2.29. The second kappa shape index (κ2) is 9.06. The van der Waals surface area contributed by atoms with Crippen LogP contribution in [0, 0.1) is 6.92 Å². The van der Waals surface area contributed by atoms with Crippen molar-refractivity contribution in [1.82, 2.24) is 4.90 Å². The molecule has 1 unspecified atom stereocenters. The molecule has 118 valence electrons. The number of hydrogen-bond acceptors (Lipinski definition) is 2. The van der Waals surface area contributed by atoms with E-state index in [-0.39, 0.29) is 18.4 Å². The van der Waals surface area contributed by atoms with Crippen molar-refractivity contribution in [3.8, 4) is 0 Å². The maximum absolute atomic E-state index is 12.4. The van der Waals surface area contributed by atoms with E-state index in [1.165, 1.54) is 11.1 Å². The molecule has 1 aliphatic heterocycles. The van der Waals surface area contributed by atoms with Gasteiger partial charge in [-0.2, -0.15) is 0 Å². The first kappa shape index (κ1) is 18.0. The van der Waals surface area contributed by atoms with E-state index in [0.717, 1.165) is 45.2 Å². The second-order valence-electron chi connectivity index (χ2n) is 5.76. The minimum absolute atomic E-state index is 0. The number of rotatable bonds is 6. The van der Waals surface area contributed by atoms with Gasteiger partial charge in [0, 0.05) is 13.0 Å². The van der Waals surface area contributed by atoms with Crippen LogP contribution in [0.5, 0.6) is 0 Å². The number of likely N-dealkylation sites (tertiary alicyclic amines) is 1. The van der Waals surface area contributed by atoms with Gasteiger partial charge in [-0.1, -0.05) is 36.2 Å². The number of nitrogens with zero attached hydrogens (tertiary/aromatic N) is 1. The first-order valence-corrected chi connectivity index (χ1v) is 7.78. The highest BCUT2D eigenvalue weighted by molar-refractivity contribution is 5.85. The largest absolute Gasteiger partial charge is 0.336 e. The first-order valence-electron chi connectivity index (χ1n) is 7.78. The van der Waals surface area contributed by atoms with E-state index >= 15 is 0 Å². The van der Waals surface area contributed by atoms with Crippen molar-refractivity contribution in [1.29, 1.82) is 0 Å². The fourth-order valence-electron chi connectivity index (χ4n) is 2.94. The van der Waals surface area contributed by atoms with Gasteiger partial charge in [0.15, 0.2) is 0 Å². The molecule has 0 radical (unpaired) electrons. The SMILES string of the molecule is Cc1ccc(C2CCCN2C(=O)CCCCCN)cc1.Cl. The number of carbonyl (C=O) groups is 1. The molecule has 4 heteroatoms. The van der Waals surface area contributed by atoms with Gasteiger partial charge in [0.05, 0.1) is 6.04 Å². The normalized spacial score (nSPS) is 17.6. The van der Waals surface area contributed by atoms with Gasteiger partial charge in [-0.3, -0.25) is 4.79 Å². The van der Waals surface area contributed by atoms with Crippen molar-refractivity contribution in [2.45, 2.75) is 51.5 Å². The van der Waals surface area contributed by atoms with E-state index in [1.54, 1.807) is 0 Å². The third kappa shape index (κ3) is 5.01. The zero-order valence-corrected chi connectivity index (χ0v) is 13.7. The minimum Gasteiger partial charge on any atom is -0.336 e. The molecule has 1 fully saturated rings. The van der Waals surface area contributed by atoms with E-state index in [1.807, 2.05) is 0 Å². The number of carbonyl (C=O) groups excluding carboxylic acids is 1. The molecular weight excluding hydrogens is 284 g/mol. The Labute approximate surface area is 134 Å². The Morgan fingerprint density at radius 3 is 2.62 bits per heavy atom. The first-order chi connectivity index (χ1) is 9.72. The van der Waals surface area contributed by atoms with Crippen molar-refractivity contribution < 1.29 is 4.79 Å². The summed E-state index contributed by atoms with van der Waals surface area (Å²) >= 11 is 0. The number of aryl methyl sites for hydroxylation is 1. The fraction of sp³-hybridized carbons (Fsp3) is 0.588. The Morgan fingerprint density at radius 1 is 1.24 bits per heavy atom. The summed E-state index contributed by atoms with van der Waals surface area (Å²) in [7, 11) is 0. The van der Waals surface area contributed by atoms with Gasteiger partial charge in [0.1, 0.15) is 0 Å². The van der Waals surface area contributed by atoms with Gasteiger partial charge >= 0.3 is 0 Å². The molecule has 21 heavy (non-hydrogen) atoms. The molecule has 0 aliphatic carbocycles. The zero-order valence-electron chi connectivity index (χ0n) is 12.9. The molecular formula is C17H27ClN2O. The van der Waals surface area contributed by atoms with Crippen LogP contribution in [0.15, 0.2) is 24.3 Å². The Morgan fingerprint density at radius 2 is 1.95 bits per heavy atom. The lowest BCUT2D eigenvalue weighted by molar-refractivity contribution is -0.132. The number of halogens is 1. The summed E-state index contributed by atoms with van der Waals surface area (Å²) in [4.78, 5) is 14.4. The maximum Gasteiger partial charge on any atom is 0.223 e. The van der Waals surface area contributed by atoms with Crippen LogP contribution in [0.25, 0.3) is 0 Å². The second-order valence-corrected chi connectivity index (χ2v) is 5.76. The number of nitrogens with two attached hydrogens (primary N) is 1. The molecule has 1 amide bonds. The van der Waals surface area contributed by atoms with Crippen LogP contribution in [-0.2, 0) is 4.79 Å². The third-order valence-electron chi connectivity index (χ3n) is 4.13. The smallest absolute Gasteiger partial charge is 0.223 e. The summed E-state index contributed by atoms with van der Waals surface area (Å²) in [6, 6.07) is 8.90. The highest BCUT2D eigenvalue weighted by Crippen LogP contribution is 2.32. The molecule has 1 atom stereocenters. The van der Waals surface area contributed by atoms with Crippen LogP contribution in [0.1, 0.15) is 55.7 Å². The van der Waals surface area contributed by atoms with Crippen molar-refractivity contribution in [2.24, 2.45) is 5.73 Å². The van der Waals surface area contributed by atoms with E-state index in [2.05, 4.69) is 36.1 Å². The van der Waals surface area contributed by atoms with E-state index < -0.39 is 0 Å². The van der Waals surface area contributed by atoms with Crippen LogP contribution < -0.4 is 5.73 Å². The van der Waals surface area contributed by atoms with Crippen LogP contribution >= 0.6 is 12.4 Å². The predicted octanol–water partition coefficient (Wildman–Crippen LogP) is 3.60. The quantitative estimate of drug-likeness (QED) is 0.816. The summed E-state index contributed by atoms with van der Waals surface area (Å²) in [5.41, 5.74) is 8.03. The summed E-state index contributed by atoms with van der Waals surface area (Å²) in [6.07, 6.45) is 5.93. The van der Waals surface area contributed by atoms with Crippen LogP contribution in [0.2, 0.25) is 0 Å². The van der Waals surface area contributed by atoms with Gasteiger partial charge in [-0.15, -0.1) is 12.4 Å². The van der Waals surface area contributed by atoms with Crippen molar-refractivity contribution >= 4 is 18.3 Å². The van der Waals surface area contributed by atoms with Crippen LogP contribution in [0.4, 0.5) is 0 Å². The van der Waals surface area contributed by atoms with Crippen molar-refractivity contribution in [3.63, 3.8) is 0 Å². The summed E-state index contributed by atoms with van der Waals surface area (Å²) in [5.74, 6) is 0.310. The molecule has 2 N–H and O–H groups in total. The third-order valence-corrected chi connectivity index (χ3v) is 4.13. The molecule has 0 bridgehead atoms. The molecule has 1 aromatic carbocycles. The Kier molecular flexibility index (Phi) is 7.76. The Balaban J connectivity index is 0.00000220. The van der Waals surface area contributed by atoms with E-state index in [4.69, 9.17) is 5.73 Å². The molecule has 2 rings (SSSR count). The van der Waals surface area contributed by atoms with Crippen molar-refractivity contribution in [2.75, 3.05) is 13.1 Å². The molecule has 3 nitrogen and oxygen atoms in total. The van der Waals surface area contributed by atoms with Gasteiger partial charge in [-0.05, 0) is 44.7 Å². The molecule has 1 aliphatic rings. The van der Waals surface area contributed by atoms with Gasteiger partial charge < -0.3 is 10.6 Å². The van der Waals surface area contributed by atoms with Crippen molar-refractivity contribution in [3.05, 3.63) is 35.4 Å². The zero-order chi connectivity index (χ0) is 14.4. The highest BCUT2D eigenvalue weighted by atomic mass is 35.5. The molecule has 0 aromatic heterocycles.